The van der Waals surface area contributed by atoms with Gasteiger partial charge in [-0.15, -0.1) is 12.4 Å². The average Bonchev–Trinajstić information content (AvgIpc) is 2.09. The fourth-order valence-corrected chi connectivity index (χ4v) is 1.38. The molecule has 0 aliphatic rings. The van der Waals surface area contributed by atoms with E-state index in [0.717, 1.165) is 0 Å². The van der Waals surface area contributed by atoms with Gasteiger partial charge in [-0.1, -0.05) is 34.8 Å². The Labute approximate surface area is 110 Å². The third-order valence-corrected chi connectivity index (χ3v) is 2.44. The van der Waals surface area contributed by atoms with Crippen molar-refractivity contribution in [2.75, 3.05) is 14.1 Å². The molecule has 0 unspecified atom stereocenters. The maximum absolute atomic E-state index is 5.91. The van der Waals surface area contributed by atoms with Crippen molar-refractivity contribution < 1.29 is 0 Å². The first kappa shape index (κ1) is 14.8. The molecule has 1 rings (SSSR count). The summed E-state index contributed by atoms with van der Waals surface area (Å²) in [5.74, 6) is 0. The molecule has 15 heavy (non-hydrogen) atoms. The SMILES string of the molecule is CN(C)C=Nc1cc(Cl)c(Cl)cc1Cl.Cl. The van der Waals surface area contributed by atoms with Gasteiger partial charge in [0, 0.05) is 14.1 Å². The second kappa shape index (κ2) is 6.44. The summed E-state index contributed by atoms with van der Waals surface area (Å²) in [5.41, 5.74) is 0.606. The highest BCUT2D eigenvalue weighted by atomic mass is 35.5. The van der Waals surface area contributed by atoms with Gasteiger partial charge in [0.1, 0.15) is 0 Å². The predicted octanol–water partition coefficient (Wildman–Crippen LogP) is 4.29. The predicted molar refractivity (Wildman–Crippen MR) is 70.6 cm³/mol. The number of halogens is 4. The average molecular weight is 288 g/mol. The van der Waals surface area contributed by atoms with E-state index in [0.29, 0.717) is 20.8 Å². The lowest BCUT2D eigenvalue weighted by Crippen LogP contribution is -2.06. The van der Waals surface area contributed by atoms with E-state index < -0.39 is 0 Å². The minimum Gasteiger partial charge on any atom is -0.369 e. The summed E-state index contributed by atoms with van der Waals surface area (Å²) >= 11 is 17.5. The fraction of sp³-hybridized carbons (Fsp3) is 0.222. The van der Waals surface area contributed by atoms with E-state index in [4.69, 9.17) is 34.8 Å². The smallest absolute Gasteiger partial charge is 0.0907 e. The molecule has 0 N–H and O–H groups in total. The quantitative estimate of drug-likeness (QED) is 0.450. The van der Waals surface area contributed by atoms with Crippen molar-refractivity contribution in [3.63, 3.8) is 0 Å². The van der Waals surface area contributed by atoms with Gasteiger partial charge in [-0.2, -0.15) is 0 Å². The normalized spacial score (nSPS) is 10.2. The Morgan fingerprint density at radius 2 is 1.60 bits per heavy atom. The molecule has 6 heteroatoms. The van der Waals surface area contributed by atoms with Crippen LogP contribution in [-0.4, -0.2) is 25.3 Å². The zero-order chi connectivity index (χ0) is 10.7. The Bertz CT molecular complexity index is 363. The molecule has 84 valence electrons. The molecule has 0 bridgehead atoms. The van der Waals surface area contributed by atoms with Gasteiger partial charge in [-0.05, 0) is 12.1 Å². The molecule has 1 aromatic rings. The maximum atomic E-state index is 5.91. The molecule has 0 spiro atoms. The van der Waals surface area contributed by atoms with Crippen molar-refractivity contribution in [1.82, 2.24) is 4.90 Å². The van der Waals surface area contributed by atoms with E-state index in [1.54, 1.807) is 23.4 Å². The molecule has 0 aromatic heterocycles. The molecule has 0 atom stereocenters. The third-order valence-electron chi connectivity index (χ3n) is 1.42. The van der Waals surface area contributed by atoms with Gasteiger partial charge < -0.3 is 4.90 Å². The maximum Gasteiger partial charge on any atom is 0.0907 e. The Kier molecular flexibility index (Phi) is 6.37. The van der Waals surface area contributed by atoms with Crippen LogP contribution in [0.5, 0.6) is 0 Å². The topological polar surface area (TPSA) is 15.6 Å². The Morgan fingerprint density at radius 1 is 1.07 bits per heavy atom. The summed E-state index contributed by atoms with van der Waals surface area (Å²) in [6.45, 7) is 0. The van der Waals surface area contributed by atoms with Gasteiger partial charge in [-0.25, -0.2) is 4.99 Å². The van der Waals surface area contributed by atoms with Gasteiger partial charge in [0.05, 0.1) is 27.1 Å². The van der Waals surface area contributed by atoms with E-state index in [-0.39, 0.29) is 12.4 Å². The van der Waals surface area contributed by atoms with Gasteiger partial charge in [0.2, 0.25) is 0 Å². The van der Waals surface area contributed by atoms with Gasteiger partial charge in [0.25, 0.3) is 0 Å². The molecule has 0 aliphatic carbocycles. The largest absolute Gasteiger partial charge is 0.369 e. The lowest BCUT2D eigenvalue weighted by Gasteiger charge is -2.04. The minimum atomic E-state index is 0. The Morgan fingerprint density at radius 3 is 2.13 bits per heavy atom. The number of rotatable bonds is 2. The molecular formula is C9H10Cl4N2. The van der Waals surface area contributed by atoms with Crippen LogP contribution in [0.2, 0.25) is 15.1 Å². The van der Waals surface area contributed by atoms with E-state index in [1.807, 2.05) is 14.1 Å². The van der Waals surface area contributed by atoms with Gasteiger partial charge in [0.15, 0.2) is 0 Å². The summed E-state index contributed by atoms with van der Waals surface area (Å²) in [5, 5.41) is 1.36. The van der Waals surface area contributed by atoms with Crippen LogP contribution in [0.1, 0.15) is 0 Å². The summed E-state index contributed by atoms with van der Waals surface area (Å²) in [6.07, 6.45) is 1.64. The Hall–Kier alpha value is -0.150. The zero-order valence-corrected chi connectivity index (χ0v) is 11.3. The minimum absolute atomic E-state index is 0. The first-order valence-corrected chi connectivity index (χ1v) is 4.99. The van der Waals surface area contributed by atoms with Crippen LogP contribution in [-0.2, 0) is 0 Å². The molecule has 0 radical (unpaired) electrons. The van der Waals surface area contributed by atoms with Crippen molar-refractivity contribution in [2.45, 2.75) is 0 Å². The highest BCUT2D eigenvalue weighted by Crippen LogP contribution is 2.33. The molecule has 0 aliphatic heterocycles. The van der Waals surface area contributed by atoms with Crippen LogP contribution >= 0.6 is 47.2 Å². The van der Waals surface area contributed by atoms with E-state index in [2.05, 4.69) is 4.99 Å². The van der Waals surface area contributed by atoms with Crippen molar-refractivity contribution in [1.29, 1.82) is 0 Å². The molecule has 2 nitrogen and oxygen atoms in total. The van der Waals surface area contributed by atoms with Gasteiger partial charge in [-0.3, -0.25) is 0 Å². The third kappa shape index (κ3) is 4.47. The molecule has 0 saturated heterocycles. The molecule has 0 saturated carbocycles. The molecule has 0 fully saturated rings. The van der Waals surface area contributed by atoms with E-state index in [9.17, 15) is 0 Å². The van der Waals surface area contributed by atoms with E-state index in [1.165, 1.54) is 0 Å². The molecule has 0 heterocycles. The summed E-state index contributed by atoms with van der Waals surface area (Å²) in [6, 6.07) is 3.21. The number of hydrogen-bond acceptors (Lipinski definition) is 1. The lowest BCUT2D eigenvalue weighted by molar-refractivity contribution is 0.643. The van der Waals surface area contributed by atoms with Crippen LogP contribution in [0.15, 0.2) is 17.1 Å². The summed E-state index contributed by atoms with van der Waals surface area (Å²) in [4.78, 5) is 5.94. The van der Waals surface area contributed by atoms with Crippen LogP contribution in [0, 0.1) is 0 Å². The molecule has 1 aromatic carbocycles. The summed E-state index contributed by atoms with van der Waals surface area (Å²) < 4.78 is 0. The Balaban J connectivity index is 0.00000196. The van der Waals surface area contributed by atoms with Crippen LogP contribution in [0.25, 0.3) is 0 Å². The van der Waals surface area contributed by atoms with Crippen molar-refractivity contribution in [3.8, 4) is 0 Å². The van der Waals surface area contributed by atoms with Crippen LogP contribution in [0.3, 0.4) is 0 Å². The van der Waals surface area contributed by atoms with Crippen molar-refractivity contribution in [3.05, 3.63) is 27.2 Å². The standard InChI is InChI=1S/C9H9Cl3N2.ClH/c1-14(2)5-13-9-4-7(11)6(10)3-8(9)12;/h3-5H,1-2H3;1H. The molecule has 0 amide bonds. The summed E-state index contributed by atoms with van der Waals surface area (Å²) in [7, 11) is 3.74. The first-order chi connectivity index (χ1) is 6.50. The van der Waals surface area contributed by atoms with Crippen molar-refractivity contribution >= 4 is 59.2 Å². The van der Waals surface area contributed by atoms with Gasteiger partial charge >= 0.3 is 0 Å². The van der Waals surface area contributed by atoms with Crippen LogP contribution < -0.4 is 0 Å². The lowest BCUT2D eigenvalue weighted by atomic mass is 10.3. The highest BCUT2D eigenvalue weighted by molar-refractivity contribution is 6.43. The number of benzene rings is 1. The number of hydrogen-bond donors (Lipinski definition) is 0. The first-order valence-electron chi connectivity index (χ1n) is 3.86. The zero-order valence-electron chi connectivity index (χ0n) is 8.17. The number of nitrogens with zero attached hydrogens (tertiary/aromatic N) is 2. The van der Waals surface area contributed by atoms with E-state index >= 15 is 0 Å². The highest BCUT2D eigenvalue weighted by Gasteiger charge is 2.04. The van der Waals surface area contributed by atoms with Crippen LogP contribution in [0.4, 0.5) is 5.69 Å². The second-order valence-electron chi connectivity index (χ2n) is 2.93. The molecular weight excluding hydrogens is 278 g/mol. The van der Waals surface area contributed by atoms with Crippen molar-refractivity contribution in [2.24, 2.45) is 4.99 Å². The monoisotopic (exact) mass is 286 g/mol. The fourth-order valence-electron chi connectivity index (χ4n) is 0.789. The second-order valence-corrected chi connectivity index (χ2v) is 4.15. The number of aliphatic imine (C=N–C) groups is 1.